The Hall–Kier alpha value is -6.03. The van der Waals surface area contributed by atoms with Crippen LogP contribution >= 0.6 is 12.6 Å². The second-order valence-electron chi connectivity index (χ2n) is 16.0. The van der Waals surface area contributed by atoms with E-state index in [4.69, 9.17) is 12.6 Å². The minimum absolute atomic E-state index is 0.293. The minimum Gasteiger partial charge on any atom is -0.309 e. The lowest BCUT2D eigenvalue weighted by atomic mass is 9.72. The van der Waals surface area contributed by atoms with Crippen molar-refractivity contribution in [3.63, 3.8) is 0 Å². The van der Waals surface area contributed by atoms with E-state index in [1.54, 1.807) is 0 Å². The molecule has 1 unspecified atom stereocenters. The van der Waals surface area contributed by atoms with Crippen molar-refractivity contribution in [2.45, 2.75) is 60.8 Å². The molecule has 0 radical (unpaired) electrons. The summed E-state index contributed by atoms with van der Waals surface area (Å²) >= 11 is 4.76. The molecular formula is C57H56BNS. The van der Waals surface area contributed by atoms with Gasteiger partial charge in [-0.1, -0.05) is 140 Å². The van der Waals surface area contributed by atoms with Crippen molar-refractivity contribution in [1.29, 1.82) is 0 Å². The smallest absolute Gasteiger partial charge is 0.140 e. The van der Waals surface area contributed by atoms with Crippen LogP contribution in [-0.2, 0) is 0 Å². The summed E-state index contributed by atoms with van der Waals surface area (Å²) < 4.78 is 2.43. The average molecular weight is 798 g/mol. The maximum absolute atomic E-state index is 4.76. The maximum Gasteiger partial charge on any atom is 0.140 e. The van der Waals surface area contributed by atoms with Crippen molar-refractivity contribution >= 4 is 49.0 Å². The highest BCUT2D eigenvalue weighted by atomic mass is 32.1. The van der Waals surface area contributed by atoms with Crippen LogP contribution in [0.15, 0.2) is 174 Å². The Morgan fingerprint density at radius 1 is 0.733 bits per heavy atom. The minimum atomic E-state index is 0.293. The Bertz CT molecular complexity index is 2920. The van der Waals surface area contributed by atoms with Crippen molar-refractivity contribution < 1.29 is 0 Å². The van der Waals surface area contributed by atoms with Gasteiger partial charge in [0.1, 0.15) is 7.85 Å². The van der Waals surface area contributed by atoms with E-state index in [1.807, 2.05) is 13.0 Å². The third-order valence-corrected chi connectivity index (χ3v) is 13.0. The molecule has 1 atom stereocenters. The number of hydrogen-bond acceptors (Lipinski definition) is 1. The Morgan fingerprint density at radius 2 is 1.35 bits per heavy atom. The second kappa shape index (κ2) is 18.5. The summed E-state index contributed by atoms with van der Waals surface area (Å²) in [5.74, 6) is 0.293. The van der Waals surface area contributed by atoms with Gasteiger partial charge in [-0.3, -0.25) is 0 Å². The van der Waals surface area contributed by atoms with Crippen LogP contribution in [0, 0.1) is 20.8 Å². The van der Waals surface area contributed by atoms with Crippen LogP contribution in [0.5, 0.6) is 0 Å². The molecule has 7 aromatic rings. The van der Waals surface area contributed by atoms with Crippen molar-refractivity contribution in [3.8, 4) is 39.1 Å². The fourth-order valence-corrected chi connectivity index (χ4v) is 9.19. The van der Waals surface area contributed by atoms with Crippen molar-refractivity contribution in [2.75, 3.05) is 0 Å². The molecule has 0 N–H and O–H groups in total. The highest BCUT2D eigenvalue weighted by Gasteiger charge is 2.22. The molecule has 1 aromatic heterocycles. The molecule has 60 heavy (non-hydrogen) atoms. The van der Waals surface area contributed by atoms with Gasteiger partial charge in [0.05, 0.1) is 10.9 Å². The standard InChI is InChI=1S/C57H56BNS/c1-9-12-26-52-50(34-42-20-15-13-16-21-42)51-36-48(56-40(7)38(5)39(6)55(57(56)58)37(4)33-43(10-2)41(8)54(60)11-3)29-32-53(51)59(52)49-30-27-45(28-31-49)47-25-19-24-46(35-47)44-22-17-14-18-23-44/h9-32,34-37,60H,2,33,58H2,1,3-8H3/b12-9-,43-41-,50-34+,52-26+,54-11-. The summed E-state index contributed by atoms with van der Waals surface area (Å²) in [7, 11) is 2.33. The summed E-state index contributed by atoms with van der Waals surface area (Å²) in [5, 5.41) is 3.57. The van der Waals surface area contributed by atoms with E-state index in [0.29, 0.717) is 5.92 Å². The van der Waals surface area contributed by atoms with Gasteiger partial charge in [0, 0.05) is 21.2 Å². The molecular weight excluding hydrogens is 742 g/mol. The number of hydrogen-bond donors (Lipinski definition) is 1. The van der Waals surface area contributed by atoms with Gasteiger partial charge in [-0.15, -0.1) is 12.6 Å². The molecule has 0 spiro atoms. The van der Waals surface area contributed by atoms with Gasteiger partial charge in [0.15, 0.2) is 0 Å². The largest absolute Gasteiger partial charge is 0.309 e. The Kier molecular flexibility index (Phi) is 13.0. The van der Waals surface area contributed by atoms with Crippen molar-refractivity contribution in [2.24, 2.45) is 0 Å². The van der Waals surface area contributed by atoms with Gasteiger partial charge in [-0.2, -0.15) is 0 Å². The van der Waals surface area contributed by atoms with Gasteiger partial charge < -0.3 is 4.57 Å². The van der Waals surface area contributed by atoms with Crippen LogP contribution in [0.25, 0.3) is 62.1 Å². The zero-order chi connectivity index (χ0) is 42.5. The van der Waals surface area contributed by atoms with E-state index in [0.717, 1.165) is 22.4 Å². The second-order valence-corrected chi connectivity index (χ2v) is 16.5. The van der Waals surface area contributed by atoms with Crippen LogP contribution in [0.1, 0.15) is 67.9 Å². The SMILES string of the molecule is Bc1c(-c2ccc3c(c2)c(=C\c2ccccc2)/c(=C\C=C/C)n3-c2ccc(-c3cccc(-c4ccccc4)c3)cc2)c(C)c(C)c(C)c1C(C)C/C(C=C)=C(C)\C(S)=C\C. The van der Waals surface area contributed by atoms with Crippen LogP contribution < -0.4 is 16.0 Å². The van der Waals surface area contributed by atoms with Crippen molar-refractivity contribution in [3.05, 3.63) is 213 Å². The van der Waals surface area contributed by atoms with Gasteiger partial charge in [0.2, 0.25) is 0 Å². The first-order chi connectivity index (χ1) is 29.1. The topological polar surface area (TPSA) is 4.93 Å². The van der Waals surface area contributed by atoms with Crippen LogP contribution in [0.2, 0.25) is 0 Å². The van der Waals surface area contributed by atoms with Crippen LogP contribution in [-0.4, -0.2) is 12.4 Å². The molecule has 1 nitrogen and oxygen atoms in total. The molecule has 0 bridgehead atoms. The fourth-order valence-electron chi connectivity index (χ4n) is 9.04. The number of allylic oxidation sites excluding steroid dienone is 6. The maximum atomic E-state index is 4.76. The number of fused-ring (bicyclic) bond motifs is 1. The third-order valence-electron chi connectivity index (χ3n) is 12.4. The molecule has 0 aliphatic rings. The predicted molar refractivity (Wildman–Crippen MR) is 269 cm³/mol. The first kappa shape index (κ1) is 42.1. The lowest BCUT2D eigenvalue weighted by molar-refractivity contribution is 0.755. The molecule has 0 amide bonds. The van der Waals surface area contributed by atoms with E-state index in [1.165, 1.54) is 93.9 Å². The number of aromatic nitrogens is 1. The summed E-state index contributed by atoms with van der Waals surface area (Å²) in [5.41, 5.74) is 20.1. The molecule has 0 aliphatic carbocycles. The zero-order valence-electron chi connectivity index (χ0n) is 36.5. The summed E-state index contributed by atoms with van der Waals surface area (Å²) in [6, 6.07) is 46.3. The monoisotopic (exact) mass is 797 g/mol. The molecule has 6 aromatic carbocycles. The molecule has 298 valence electrons. The number of nitrogens with zero attached hydrogens (tertiary/aromatic N) is 1. The quantitative estimate of drug-likeness (QED) is 0.0756. The molecule has 0 saturated heterocycles. The molecule has 0 fully saturated rings. The first-order valence-corrected chi connectivity index (χ1v) is 21.6. The number of rotatable bonds is 11. The molecule has 1 heterocycles. The van der Waals surface area contributed by atoms with Gasteiger partial charge >= 0.3 is 0 Å². The zero-order valence-corrected chi connectivity index (χ0v) is 37.4. The fraction of sp³-hybridized carbons (Fsp3) is 0.158. The van der Waals surface area contributed by atoms with Gasteiger partial charge in [-0.25, -0.2) is 0 Å². The highest BCUT2D eigenvalue weighted by molar-refractivity contribution is 7.84. The third kappa shape index (κ3) is 8.38. The highest BCUT2D eigenvalue weighted by Crippen LogP contribution is 2.36. The van der Waals surface area contributed by atoms with E-state index >= 15 is 0 Å². The van der Waals surface area contributed by atoms with E-state index in [2.05, 4.69) is 218 Å². The van der Waals surface area contributed by atoms with E-state index < -0.39 is 0 Å². The van der Waals surface area contributed by atoms with Gasteiger partial charge in [-0.05, 0) is 169 Å². The average Bonchev–Trinajstić information content (AvgIpc) is 3.58. The Morgan fingerprint density at radius 3 is 1.98 bits per heavy atom. The van der Waals surface area contributed by atoms with Crippen molar-refractivity contribution in [1.82, 2.24) is 4.57 Å². The summed E-state index contributed by atoms with van der Waals surface area (Å²) in [6.07, 6.45) is 13.8. The molecule has 3 heteroatoms. The lowest BCUT2D eigenvalue weighted by Gasteiger charge is -2.26. The van der Waals surface area contributed by atoms with Crippen LogP contribution in [0.3, 0.4) is 0 Å². The van der Waals surface area contributed by atoms with Gasteiger partial charge in [0.25, 0.3) is 0 Å². The summed E-state index contributed by atoms with van der Waals surface area (Å²) in [4.78, 5) is 1.00. The molecule has 0 aliphatic heterocycles. The number of benzene rings is 6. The van der Waals surface area contributed by atoms with Crippen LogP contribution in [0.4, 0.5) is 0 Å². The Balaban J connectivity index is 1.42. The number of thiol groups is 1. The lowest BCUT2D eigenvalue weighted by Crippen LogP contribution is -2.28. The predicted octanol–water partition coefficient (Wildman–Crippen LogP) is 12.8. The summed E-state index contributed by atoms with van der Waals surface area (Å²) in [6.45, 7) is 19.7. The van der Waals surface area contributed by atoms with E-state index in [9.17, 15) is 0 Å². The Labute approximate surface area is 364 Å². The normalized spacial score (nSPS) is 13.6. The molecule has 7 rings (SSSR count). The first-order valence-electron chi connectivity index (χ1n) is 21.1. The molecule has 0 saturated carbocycles. The van der Waals surface area contributed by atoms with E-state index in [-0.39, 0.29) is 0 Å².